The van der Waals surface area contributed by atoms with E-state index >= 15 is 0 Å². The van der Waals surface area contributed by atoms with E-state index in [9.17, 15) is 22.8 Å². The maximum absolute atomic E-state index is 13.3. The molecule has 1 atom stereocenters. The molecule has 0 spiro atoms. The predicted molar refractivity (Wildman–Crippen MR) is 95.0 cm³/mol. The molecule has 3 aromatic rings. The number of nitrogens with one attached hydrogen (secondary N) is 1. The number of rotatable bonds is 3. The van der Waals surface area contributed by atoms with Crippen molar-refractivity contribution in [2.24, 2.45) is 0 Å². The van der Waals surface area contributed by atoms with Crippen LogP contribution >= 0.6 is 0 Å². The molecule has 0 saturated carbocycles. The third-order valence-corrected chi connectivity index (χ3v) is 4.28. The molecular formula is C19H15F3N2O4. The molecule has 28 heavy (non-hydrogen) atoms. The van der Waals surface area contributed by atoms with E-state index in [0.29, 0.717) is 11.8 Å². The highest BCUT2D eigenvalue weighted by atomic mass is 19.4. The summed E-state index contributed by atoms with van der Waals surface area (Å²) in [6.07, 6.45) is -4.65. The predicted octanol–water partition coefficient (Wildman–Crippen LogP) is 4.51. The summed E-state index contributed by atoms with van der Waals surface area (Å²) < 4.78 is 45.8. The summed E-state index contributed by atoms with van der Waals surface area (Å²) in [5.41, 5.74) is -1.48. The number of hydrogen-bond acceptors (Lipinski definition) is 4. The first-order valence-electron chi connectivity index (χ1n) is 8.19. The quantitative estimate of drug-likeness (QED) is 0.684. The van der Waals surface area contributed by atoms with Crippen molar-refractivity contribution in [3.8, 4) is 11.5 Å². The Kier molecular flexibility index (Phi) is 4.84. The van der Waals surface area contributed by atoms with Gasteiger partial charge in [0.1, 0.15) is 11.3 Å². The van der Waals surface area contributed by atoms with Crippen molar-refractivity contribution >= 4 is 17.1 Å². The summed E-state index contributed by atoms with van der Waals surface area (Å²) in [5.74, 6) is 0.113. The normalized spacial score (nSPS) is 12.8. The Bertz CT molecular complexity index is 1110. The van der Waals surface area contributed by atoms with E-state index in [4.69, 9.17) is 9.52 Å². The maximum Gasteiger partial charge on any atom is 0.416 e. The van der Waals surface area contributed by atoms with Crippen molar-refractivity contribution in [1.82, 2.24) is 10.3 Å². The molecule has 0 radical (unpaired) electrons. The Morgan fingerprint density at radius 2 is 2.00 bits per heavy atom. The number of carboxylic acid groups (broad SMARTS) is 1. The van der Waals surface area contributed by atoms with E-state index in [1.807, 2.05) is 0 Å². The molecule has 3 rings (SSSR count). The topological polar surface area (TPSA) is 92.4 Å². The molecule has 0 saturated heterocycles. The van der Waals surface area contributed by atoms with Gasteiger partial charge in [-0.3, -0.25) is 9.78 Å². The van der Waals surface area contributed by atoms with Crippen LogP contribution in [0.15, 0.2) is 45.7 Å². The van der Waals surface area contributed by atoms with Crippen molar-refractivity contribution in [2.45, 2.75) is 26.1 Å². The molecule has 146 valence electrons. The summed E-state index contributed by atoms with van der Waals surface area (Å²) in [7, 11) is 0. The zero-order chi connectivity index (χ0) is 20.6. The van der Waals surface area contributed by atoms with Gasteiger partial charge in [-0.15, -0.1) is 0 Å². The number of carbonyl (C=O) groups is 1. The van der Waals surface area contributed by atoms with Gasteiger partial charge in [-0.25, -0.2) is 4.79 Å². The van der Waals surface area contributed by atoms with E-state index < -0.39 is 29.3 Å². The van der Waals surface area contributed by atoms with Gasteiger partial charge in [0, 0.05) is 17.3 Å². The molecule has 2 heterocycles. The van der Waals surface area contributed by atoms with Gasteiger partial charge >= 0.3 is 12.3 Å². The molecule has 6 nitrogen and oxygen atoms in total. The van der Waals surface area contributed by atoms with E-state index in [1.165, 1.54) is 20.0 Å². The number of fused-ring (bicyclic) bond motifs is 1. The minimum atomic E-state index is -4.72. The molecule has 0 unspecified atom stereocenters. The van der Waals surface area contributed by atoms with Crippen LogP contribution in [0.1, 0.15) is 29.7 Å². The first-order valence-corrected chi connectivity index (χ1v) is 8.19. The number of alkyl halides is 3. The highest BCUT2D eigenvalue weighted by Gasteiger charge is 2.33. The fourth-order valence-electron chi connectivity index (χ4n) is 2.91. The number of amides is 1. The smallest absolute Gasteiger partial charge is 0.416 e. The monoisotopic (exact) mass is 392 g/mol. The van der Waals surface area contributed by atoms with Crippen LogP contribution in [-0.2, 0) is 6.18 Å². The molecular weight excluding hydrogens is 377 g/mol. The van der Waals surface area contributed by atoms with Gasteiger partial charge in [0.25, 0.3) is 0 Å². The highest BCUT2D eigenvalue weighted by Crippen LogP contribution is 2.36. The minimum absolute atomic E-state index is 0.0958. The van der Waals surface area contributed by atoms with Gasteiger partial charge in [0.2, 0.25) is 0 Å². The molecule has 2 N–H and O–H groups in total. The van der Waals surface area contributed by atoms with Gasteiger partial charge in [-0.1, -0.05) is 6.07 Å². The second kappa shape index (κ2) is 6.99. The van der Waals surface area contributed by atoms with Crippen LogP contribution in [0.5, 0.6) is 0 Å². The summed E-state index contributed by atoms with van der Waals surface area (Å²) in [4.78, 5) is 27.9. The zero-order valence-corrected chi connectivity index (χ0v) is 14.8. The number of pyridine rings is 1. The summed E-state index contributed by atoms with van der Waals surface area (Å²) in [6.45, 7) is 2.80. The molecule has 1 amide bonds. The first-order chi connectivity index (χ1) is 13.1. The second-order valence-electron chi connectivity index (χ2n) is 6.21. The lowest BCUT2D eigenvalue weighted by atomic mass is 9.99. The third kappa shape index (κ3) is 3.55. The molecule has 0 aliphatic carbocycles. The van der Waals surface area contributed by atoms with E-state index in [1.54, 1.807) is 18.2 Å². The largest absolute Gasteiger partial charge is 0.465 e. The Morgan fingerprint density at radius 1 is 1.29 bits per heavy atom. The fraction of sp³-hybridized carbons (Fsp3) is 0.211. The van der Waals surface area contributed by atoms with Crippen molar-refractivity contribution in [2.75, 3.05) is 0 Å². The number of nitrogens with zero attached hydrogens (tertiary/aromatic N) is 1. The van der Waals surface area contributed by atoms with Crippen LogP contribution < -0.4 is 10.7 Å². The Labute approximate surface area is 156 Å². The van der Waals surface area contributed by atoms with Crippen molar-refractivity contribution in [1.29, 1.82) is 0 Å². The standard InChI is InChI=1S/C19H15F3N2O4/c1-9-15(25)13-8-11(19(20,21)22)7-12(10(2)24-18(26)27)17(13)28-16(9)14-5-3-4-6-23-14/h3-8,10,24H,1-2H3,(H,26,27)/t10-/m1/s1. The lowest BCUT2D eigenvalue weighted by Crippen LogP contribution is -2.25. The zero-order valence-electron chi connectivity index (χ0n) is 14.8. The molecule has 2 aromatic heterocycles. The molecule has 0 aliphatic heterocycles. The van der Waals surface area contributed by atoms with Crippen LogP contribution in [0.4, 0.5) is 18.0 Å². The van der Waals surface area contributed by atoms with Gasteiger partial charge < -0.3 is 14.8 Å². The van der Waals surface area contributed by atoms with E-state index in [0.717, 1.165) is 6.07 Å². The van der Waals surface area contributed by atoms with Gasteiger partial charge in [0.05, 0.1) is 17.0 Å². The van der Waals surface area contributed by atoms with Crippen LogP contribution in [0.25, 0.3) is 22.4 Å². The third-order valence-electron chi connectivity index (χ3n) is 4.28. The number of benzene rings is 1. The van der Waals surface area contributed by atoms with Crippen LogP contribution in [0.3, 0.4) is 0 Å². The Hall–Kier alpha value is -3.36. The van der Waals surface area contributed by atoms with Crippen LogP contribution in [-0.4, -0.2) is 16.2 Å². The summed E-state index contributed by atoms with van der Waals surface area (Å²) in [5, 5.41) is 10.8. The Balaban J connectivity index is 2.39. The number of halogens is 3. The van der Waals surface area contributed by atoms with Crippen molar-refractivity contribution in [3.05, 3.63) is 63.4 Å². The van der Waals surface area contributed by atoms with Gasteiger partial charge in [0.15, 0.2) is 11.2 Å². The highest BCUT2D eigenvalue weighted by molar-refractivity contribution is 5.84. The molecule has 0 bridgehead atoms. The second-order valence-corrected chi connectivity index (χ2v) is 6.21. The minimum Gasteiger partial charge on any atom is -0.465 e. The van der Waals surface area contributed by atoms with Crippen molar-refractivity contribution < 1.29 is 27.5 Å². The first kappa shape index (κ1) is 19.4. The lowest BCUT2D eigenvalue weighted by molar-refractivity contribution is -0.137. The van der Waals surface area contributed by atoms with Crippen molar-refractivity contribution in [3.63, 3.8) is 0 Å². The van der Waals surface area contributed by atoms with E-state index in [-0.39, 0.29) is 27.9 Å². The molecule has 0 fully saturated rings. The summed E-state index contributed by atoms with van der Waals surface area (Å²) >= 11 is 0. The number of hydrogen-bond donors (Lipinski definition) is 2. The fourth-order valence-corrected chi connectivity index (χ4v) is 2.91. The average Bonchev–Trinajstić information content (AvgIpc) is 2.63. The van der Waals surface area contributed by atoms with E-state index in [2.05, 4.69) is 10.3 Å². The molecule has 1 aromatic carbocycles. The Morgan fingerprint density at radius 3 is 2.57 bits per heavy atom. The maximum atomic E-state index is 13.3. The van der Waals surface area contributed by atoms with Crippen LogP contribution in [0.2, 0.25) is 0 Å². The average molecular weight is 392 g/mol. The van der Waals surface area contributed by atoms with Crippen LogP contribution in [0, 0.1) is 6.92 Å². The van der Waals surface area contributed by atoms with Gasteiger partial charge in [-0.05, 0) is 38.1 Å². The SMILES string of the molecule is Cc1c(-c2ccccn2)oc2c([C@@H](C)NC(=O)O)cc(C(F)(F)F)cc2c1=O. The molecule has 0 aliphatic rings. The van der Waals surface area contributed by atoms with Gasteiger partial charge in [-0.2, -0.15) is 13.2 Å². The molecule has 9 heteroatoms. The summed E-state index contributed by atoms with van der Waals surface area (Å²) in [6, 6.07) is 5.38. The number of aromatic nitrogens is 1. The lowest BCUT2D eigenvalue weighted by Gasteiger charge is -2.18.